The van der Waals surface area contributed by atoms with Crippen LogP contribution in [0.5, 0.6) is 5.75 Å². The predicted octanol–water partition coefficient (Wildman–Crippen LogP) is 0.891. The van der Waals surface area contributed by atoms with Gasteiger partial charge in [0.05, 0.1) is 10.6 Å². The summed E-state index contributed by atoms with van der Waals surface area (Å²) in [5.41, 5.74) is 1.15. The zero-order chi connectivity index (χ0) is 15.6. The molecule has 1 aliphatic rings. The zero-order valence-electron chi connectivity index (χ0n) is 11.4. The van der Waals surface area contributed by atoms with Crippen LogP contribution >= 0.6 is 0 Å². The highest BCUT2D eigenvalue weighted by Gasteiger charge is 2.20. The molecular formula is C14H13N3O4S. The van der Waals surface area contributed by atoms with Gasteiger partial charge < -0.3 is 10.1 Å². The average Bonchev–Trinajstić information content (AvgIpc) is 2.53. The Morgan fingerprint density at radius 1 is 1.23 bits per heavy atom. The average molecular weight is 319 g/mol. The third-order valence-corrected chi connectivity index (χ3v) is 4.51. The number of nitrogens with one attached hydrogen (secondary N) is 2. The van der Waals surface area contributed by atoms with Crippen molar-refractivity contribution in [2.24, 2.45) is 0 Å². The van der Waals surface area contributed by atoms with Crippen LogP contribution in [0.4, 0.5) is 5.69 Å². The Bertz CT molecular complexity index is 806. The number of anilines is 1. The van der Waals surface area contributed by atoms with E-state index in [1.165, 1.54) is 18.2 Å². The van der Waals surface area contributed by atoms with E-state index in [1.807, 2.05) is 0 Å². The molecule has 0 unspecified atom stereocenters. The molecule has 2 N–H and O–H groups in total. The second-order valence-corrected chi connectivity index (χ2v) is 6.44. The van der Waals surface area contributed by atoms with E-state index in [0.29, 0.717) is 11.4 Å². The van der Waals surface area contributed by atoms with Crippen molar-refractivity contribution in [2.75, 3.05) is 11.9 Å². The molecular weight excluding hydrogens is 306 g/mol. The van der Waals surface area contributed by atoms with Crippen molar-refractivity contribution in [3.8, 4) is 5.75 Å². The number of nitrogens with zero attached hydrogens (tertiary/aromatic N) is 1. The summed E-state index contributed by atoms with van der Waals surface area (Å²) in [6.07, 6.45) is 3.19. The lowest BCUT2D eigenvalue weighted by atomic mass is 10.2. The van der Waals surface area contributed by atoms with Crippen LogP contribution in [0.2, 0.25) is 0 Å². The van der Waals surface area contributed by atoms with Crippen LogP contribution in [0.15, 0.2) is 47.6 Å². The number of benzene rings is 1. The molecule has 3 rings (SSSR count). The molecule has 0 bridgehead atoms. The third-order valence-electron chi connectivity index (χ3n) is 3.11. The second-order valence-electron chi connectivity index (χ2n) is 4.67. The number of carbonyl (C=O) groups is 1. The first-order valence-corrected chi connectivity index (χ1v) is 7.98. The molecule has 2 heterocycles. The van der Waals surface area contributed by atoms with E-state index in [4.69, 9.17) is 4.74 Å². The molecule has 8 heteroatoms. The number of hydrogen-bond donors (Lipinski definition) is 2. The van der Waals surface area contributed by atoms with Crippen molar-refractivity contribution < 1.29 is 17.9 Å². The molecule has 0 radical (unpaired) electrons. The Morgan fingerprint density at radius 2 is 2.00 bits per heavy atom. The number of hydrogen-bond acceptors (Lipinski definition) is 5. The van der Waals surface area contributed by atoms with Crippen molar-refractivity contribution in [3.05, 3.63) is 48.3 Å². The fourth-order valence-corrected chi connectivity index (χ4v) is 3.04. The largest absolute Gasteiger partial charge is 0.482 e. The standard InChI is InChI=1S/C14H13N3O4S/c18-14-9-21-13-2-1-11(7-12(13)17-14)22(19,20)16-8-10-3-5-15-6-4-10/h1-7,16H,8-9H2,(H,17,18). The summed E-state index contributed by atoms with van der Waals surface area (Å²) in [4.78, 5) is 15.2. The van der Waals surface area contributed by atoms with Crippen molar-refractivity contribution in [1.29, 1.82) is 0 Å². The lowest BCUT2D eigenvalue weighted by molar-refractivity contribution is -0.118. The Balaban J connectivity index is 1.80. The Hall–Kier alpha value is -2.45. The van der Waals surface area contributed by atoms with Gasteiger partial charge in [-0.05, 0) is 35.9 Å². The maximum Gasteiger partial charge on any atom is 0.262 e. The first-order chi connectivity index (χ1) is 10.5. The summed E-state index contributed by atoms with van der Waals surface area (Å²) >= 11 is 0. The van der Waals surface area contributed by atoms with Gasteiger partial charge in [-0.1, -0.05) is 0 Å². The van der Waals surface area contributed by atoms with Crippen LogP contribution < -0.4 is 14.8 Å². The van der Waals surface area contributed by atoms with E-state index < -0.39 is 10.0 Å². The summed E-state index contributed by atoms with van der Waals surface area (Å²) in [6, 6.07) is 7.79. The van der Waals surface area contributed by atoms with Crippen molar-refractivity contribution >= 4 is 21.6 Å². The molecule has 7 nitrogen and oxygen atoms in total. The number of ether oxygens (including phenoxy) is 1. The number of rotatable bonds is 4. The van der Waals surface area contributed by atoms with E-state index in [1.54, 1.807) is 24.5 Å². The van der Waals surface area contributed by atoms with Crippen LogP contribution in [0.3, 0.4) is 0 Å². The van der Waals surface area contributed by atoms with Gasteiger partial charge in [-0.15, -0.1) is 0 Å². The molecule has 1 aromatic heterocycles. The normalized spacial score (nSPS) is 13.9. The highest BCUT2D eigenvalue weighted by Crippen LogP contribution is 2.29. The van der Waals surface area contributed by atoms with Gasteiger partial charge in [0.15, 0.2) is 6.61 Å². The van der Waals surface area contributed by atoms with E-state index in [2.05, 4.69) is 15.0 Å². The fourth-order valence-electron chi connectivity index (χ4n) is 1.99. The molecule has 1 aromatic carbocycles. The number of sulfonamides is 1. The fraction of sp³-hybridized carbons (Fsp3) is 0.143. The number of carbonyl (C=O) groups excluding carboxylic acids is 1. The van der Waals surface area contributed by atoms with Crippen LogP contribution in [-0.4, -0.2) is 25.9 Å². The van der Waals surface area contributed by atoms with Crippen LogP contribution in [-0.2, 0) is 21.4 Å². The zero-order valence-corrected chi connectivity index (χ0v) is 12.3. The van der Waals surface area contributed by atoms with Gasteiger partial charge in [-0.25, -0.2) is 13.1 Å². The van der Waals surface area contributed by atoms with E-state index in [9.17, 15) is 13.2 Å². The molecule has 114 valence electrons. The van der Waals surface area contributed by atoms with Gasteiger partial charge in [0.25, 0.3) is 5.91 Å². The smallest absolute Gasteiger partial charge is 0.262 e. The molecule has 0 fully saturated rings. The highest BCUT2D eigenvalue weighted by molar-refractivity contribution is 7.89. The molecule has 0 spiro atoms. The summed E-state index contributed by atoms with van der Waals surface area (Å²) in [7, 11) is -3.69. The summed E-state index contributed by atoms with van der Waals surface area (Å²) in [6.45, 7) is 0.0875. The van der Waals surface area contributed by atoms with E-state index >= 15 is 0 Å². The number of fused-ring (bicyclic) bond motifs is 1. The van der Waals surface area contributed by atoms with Crippen molar-refractivity contribution in [1.82, 2.24) is 9.71 Å². The van der Waals surface area contributed by atoms with Crippen molar-refractivity contribution in [2.45, 2.75) is 11.4 Å². The quantitative estimate of drug-likeness (QED) is 0.872. The number of amides is 1. The third kappa shape index (κ3) is 3.07. The second kappa shape index (κ2) is 5.74. The minimum atomic E-state index is -3.69. The minimum Gasteiger partial charge on any atom is -0.482 e. The lowest BCUT2D eigenvalue weighted by Gasteiger charge is -2.18. The van der Waals surface area contributed by atoms with E-state index in [0.717, 1.165) is 5.56 Å². The van der Waals surface area contributed by atoms with Gasteiger partial charge >= 0.3 is 0 Å². The molecule has 0 saturated heterocycles. The van der Waals surface area contributed by atoms with Crippen LogP contribution in [0.1, 0.15) is 5.56 Å². The topological polar surface area (TPSA) is 97.4 Å². The predicted molar refractivity (Wildman–Crippen MR) is 78.8 cm³/mol. The number of pyridine rings is 1. The first-order valence-electron chi connectivity index (χ1n) is 6.50. The number of aromatic nitrogens is 1. The SMILES string of the molecule is O=C1COc2ccc(S(=O)(=O)NCc3ccncc3)cc2N1. The van der Waals surface area contributed by atoms with Gasteiger partial charge in [-0.3, -0.25) is 9.78 Å². The van der Waals surface area contributed by atoms with Crippen molar-refractivity contribution in [3.63, 3.8) is 0 Å². The molecule has 0 atom stereocenters. The highest BCUT2D eigenvalue weighted by atomic mass is 32.2. The maximum absolute atomic E-state index is 12.3. The lowest BCUT2D eigenvalue weighted by Crippen LogP contribution is -2.27. The molecule has 0 aliphatic carbocycles. The molecule has 1 amide bonds. The Kier molecular flexibility index (Phi) is 3.78. The molecule has 22 heavy (non-hydrogen) atoms. The summed E-state index contributed by atoms with van der Waals surface area (Å²) in [5, 5.41) is 2.58. The first kappa shape index (κ1) is 14.5. The maximum atomic E-state index is 12.3. The Labute approximate surface area is 127 Å². The summed E-state index contributed by atoms with van der Waals surface area (Å²) in [5.74, 6) is 0.138. The Morgan fingerprint density at radius 3 is 2.77 bits per heavy atom. The van der Waals surface area contributed by atoms with Gasteiger partial charge in [0.2, 0.25) is 10.0 Å². The van der Waals surface area contributed by atoms with Crippen LogP contribution in [0, 0.1) is 0 Å². The van der Waals surface area contributed by atoms with Gasteiger partial charge in [0, 0.05) is 18.9 Å². The van der Waals surface area contributed by atoms with Gasteiger partial charge in [0.1, 0.15) is 5.75 Å². The van der Waals surface area contributed by atoms with Gasteiger partial charge in [-0.2, -0.15) is 0 Å². The van der Waals surface area contributed by atoms with E-state index in [-0.39, 0.29) is 24.0 Å². The molecule has 1 aliphatic heterocycles. The molecule has 2 aromatic rings. The minimum absolute atomic E-state index is 0.0612. The monoisotopic (exact) mass is 319 g/mol. The van der Waals surface area contributed by atoms with Crippen LogP contribution in [0.25, 0.3) is 0 Å². The summed E-state index contributed by atoms with van der Waals surface area (Å²) < 4.78 is 32.3. The molecule has 0 saturated carbocycles.